The molecule has 0 aliphatic heterocycles. The van der Waals surface area contributed by atoms with E-state index >= 15 is 0 Å². The Morgan fingerprint density at radius 2 is 2.06 bits per heavy atom. The van der Waals surface area contributed by atoms with Gasteiger partial charge in [0.1, 0.15) is 6.67 Å². The normalized spacial score (nSPS) is 11.6. The van der Waals surface area contributed by atoms with E-state index in [1.165, 1.54) is 0 Å². The Kier molecular flexibility index (Phi) is 3.53. The summed E-state index contributed by atoms with van der Waals surface area (Å²) in [5, 5.41) is 8.74. The molecule has 0 aliphatic rings. The predicted molar refractivity (Wildman–Crippen MR) is 44.5 cm³/mol. The second-order valence-electron chi connectivity index (χ2n) is 2.81. The van der Waals surface area contributed by atoms with E-state index in [1.54, 1.807) is 4.98 Å². The highest BCUT2D eigenvalue weighted by atomic mass is 19.4. The van der Waals surface area contributed by atoms with Gasteiger partial charge in [0.15, 0.2) is 0 Å². The van der Waals surface area contributed by atoms with Gasteiger partial charge in [0, 0.05) is 6.07 Å². The van der Waals surface area contributed by atoms with Crippen LogP contribution in [0.2, 0.25) is 0 Å². The van der Waals surface area contributed by atoms with Gasteiger partial charge >= 0.3 is 6.36 Å². The van der Waals surface area contributed by atoms with Gasteiger partial charge in [-0.05, 0) is 5.56 Å². The van der Waals surface area contributed by atoms with Gasteiger partial charge in [-0.15, -0.1) is 13.2 Å². The fourth-order valence-electron chi connectivity index (χ4n) is 1.08. The van der Waals surface area contributed by atoms with Crippen LogP contribution in [0.15, 0.2) is 10.9 Å². The molecule has 4 nitrogen and oxygen atoms in total. The molecule has 0 bridgehead atoms. The summed E-state index contributed by atoms with van der Waals surface area (Å²) in [7, 11) is 0. The Morgan fingerprint density at radius 1 is 1.44 bits per heavy atom. The molecule has 1 rings (SSSR count). The number of halogens is 4. The second kappa shape index (κ2) is 4.52. The zero-order chi connectivity index (χ0) is 12.3. The number of alkyl halides is 4. The Morgan fingerprint density at radius 3 is 2.50 bits per heavy atom. The lowest BCUT2D eigenvalue weighted by atomic mass is 10.1. The fraction of sp³-hybridized carbons (Fsp3) is 0.375. The highest BCUT2D eigenvalue weighted by Gasteiger charge is 2.32. The number of ether oxygens (including phenoxy) is 1. The summed E-state index contributed by atoms with van der Waals surface area (Å²) in [6, 6.07) is 0.726. The molecule has 1 heterocycles. The standard InChI is InChI=1S/C8H7F4NO3/c9-2-5-4(3-14)1-6(13-7(5)15)16-8(10,11)12/h1,14H,2-3H2,(H,13,15). The molecule has 0 aromatic carbocycles. The molecule has 0 fully saturated rings. The van der Waals surface area contributed by atoms with Crippen molar-refractivity contribution in [1.29, 1.82) is 0 Å². The molecule has 90 valence electrons. The maximum Gasteiger partial charge on any atom is 0.574 e. The highest BCUT2D eigenvalue weighted by Crippen LogP contribution is 2.21. The predicted octanol–water partition coefficient (Wildman–Crippen LogP) is 1.24. The molecule has 1 aromatic rings. The van der Waals surface area contributed by atoms with Crippen molar-refractivity contribution < 1.29 is 27.4 Å². The molecule has 0 unspecified atom stereocenters. The Labute approximate surface area is 86.5 Å². The molecule has 0 amide bonds. The first-order valence-electron chi connectivity index (χ1n) is 4.05. The van der Waals surface area contributed by atoms with E-state index in [9.17, 15) is 22.4 Å². The highest BCUT2D eigenvalue weighted by molar-refractivity contribution is 5.28. The summed E-state index contributed by atoms with van der Waals surface area (Å²) < 4.78 is 51.2. The van der Waals surface area contributed by atoms with Gasteiger partial charge in [-0.3, -0.25) is 9.78 Å². The number of H-pyrrole nitrogens is 1. The van der Waals surface area contributed by atoms with Gasteiger partial charge in [0.2, 0.25) is 5.88 Å². The van der Waals surface area contributed by atoms with Crippen molar-refractivity contribution in [3.8, 4) is 5.88 Å². The topological polar surface area (TPSA) is 62.3 Å². The zero-order valence-electron chi connectivity index (χ0n) is 7.77. The molecule has 0 spiro atoms. The van der Waals surface area contributed by atoms with E-state index in [0.29, 0.717) is 0 Å². The first-order chi connectivity index (χ1) is 7.37. The van der Waals surface area contributed by atoms with E-state index in [4.69, 9.17) is 5.11 Å². The maximum absolute atomic E-state index is 12.3. The molecule has 0 aliphatic carbocycles. The van der Waals surface area contributed by atoms with Gasteiger partial charge in [0.05, 0.1) is 12.2 Å². The van der Waals surface area contributed by atoms with Crippen LogP contribution in [0.3, 0.4) is 0 Å². The SMILES string of the molecule is O=c1[nH]c(OC(F)(F)F)cc(CO)c1CF. The van der Waals surface area contributed by atoms with Gasteiger partial charge in [-0.25, -0.2) is 4.39 Å². The van der Waals surface area contributed by atoms with Crippen molar-refractivity contribution in [3.63, 3.8) is 0 Å². The summed E-state index contributed by atoms with van der Waals surface area (Å²) in [4.78, 5) is 12.8. The molecular weight excluding hydrogens is 234 g/mol. The molecule has 0 atom stereocenters. The lowest BCUT2D eigenvalue weighted by molar-refractivity contribution is -0.276. The Balaban J connectivity index is 3.16. The number of hydrogen-bond acceptors (Lipinski definition) is 3. The first-order valence-corrected chi connectivity index (χ1v) is 4.05. The van der Waals surface area contributed by atoms with Crippen LogP contribution in [0.5, 0.6) is 5.88 Å². The summed E-state index contributed by atoms with van der Waals surface area (Å²) >= 11 is 0. The molecule has 0 saturated heterocycles. The Bertz CT molecular complexity index is 426. The fourth-order valence-corrected chi connectivity index (χ4v) is 1.08. The molecule has 2 N–H and O–H groups in total. The summed E-state index contributed by atoms with van der Waals surface area (Å²) in [6.07, 6.45) is -4.97. The van der Waals surface area contributed by atoms with Crippen LogP contribution in [0.1, 0.15) is 11.1 Å². The van der Waals surface area contributed by atoms with E-state index in [2.05, 4.69) is 4.74 Å². The number of hydrogen-bond donors (Lipinski definition) is 2. The number of nitrogens with one attached hydrogen (secondary N) is 1. The van der Waals surface area contributed by atoms with Crippen molar-refractivity contribution in [3.05, 3.63) is 27.5 Å². The molecule has 1 aromatic heterocycles. The molecular formula is C8H7F4NO3. The quantitative estimate of drug-likeness (QED) is 0.782. The largest absolute Gasteiger partial charge is 0.574 e. The van der Waals surface area contributed by atoms with Crippen molar-refractivity contribution in [2.45, 2.75) is 19.6 Å². The number of rotatable bonds is 3. The van der Waals surface area contributed by atoms with Gasteiger partial charge in [-0.2, -0.15) is 0 Å². The maximum atomic E-state index is 12.3. The number of aromatic amines is 1. The van der Waals surface area contributed by atoms with Crippen LogP contribution >= 0.6 is 0 Å². The van der Waals surface area contributed by atoms with Crippen molar-refractivity contribution in [2.24, 2.45) is 0 Å². The van der Waals surface area contributed by atoms with Crippen LogP contribution < -0.4 is 10.3 Å². The minimum Gasteiger partial charge on any atom is -0.392 e. The van der Waals surface area contributed by atoms with Gasteiger partial charge < -0.3 is 9.84 Å². The third-order valence-electron chi connectivity index (χ3n) is 1.73. The van der Waals surface area contributed by atoms with Gasteiger partial charge in [0.25, 0.3) is 5.56 Å². The third-order valence-corrected chi connectivity index (χ3v) is 1.73. The van der Waals surface area contributed by atoms with Crippen LogP contribution in [0.4, 0.5) is 17.6 Å². The van der Waals surface area contributed by atoms with E-state index in [0.717, 1.165) is 6.07 Å². The summed E-state index contributed by atoms with van der Waals surface area (Å²) in [5.41, 5.74) is -1.73. The lowest BCUT2D eigenvalue weighted by Crippen LogP contribution is -2.22. The van der Waals surface area contributed by atoms with Crippen LogP contribution in [0, 0.1) is 0 Å². The van der Waals surface area contributed by atoms with E-state index in [1.807, 2.05) is 0 Å². The van der Waals surface area contributed by atoms with Crippen LogP contribution in [0.25, 0.3) is 0 Å². The average molecular weight is 241 g/mol. The van der Waals surface area contributed by atoms with Crippen molar-refractivity contribution in [2.75, 3.05) is 0 Å². The summed E-state index contributed by atoms with van der Waals surface area (Å²) in [5.74, 6) is -0.890. The van der Waals surface area contributed by atoms with Crippen LogP contribution in [-0.2, 0) is 13.3 Å². The second-order valence-corrected chi connectivity index (χ2v) is 2.81. The minimum absolute atomic E-state index is 0.245. The Hall–Kier alpha value is -1.57. The summed E-state index contributed by atoms with van der Waals surface area (Å²) in [6.45, 7) is -1.94. The van der Waals surface area contributed by atoms with E-state index in [-0.39, 0.29) is 5.56 Å². The smallest absolute Gasteiger partial charge is 0.392 e. The third kappa shape index (κ3) is 2.96. The number of aliphatic hydroxyl groups excluding tert-OH is 1. The number of aromatic nitrogens is 1. The minimum atomic E-state index is -4.97. The lowest BCUT2D eigenvalue weighted by Gasteiger charge is -2.10. The molecule has 16 heavy (non-hydrogen) atoms. The molecule has 0 saturated carbocycles. The number of aliphatic hydroxyl groups is 1. The first kappa shape index (κ1) is 12.5. The molecule has 8 heteroatoms. The van der Waals surface area contributed by atoms with Crippen LogP contribution in [-0.4, -0.2) is 16.5 Å². The monoisotopic (exact) mass is 241 g/mol. The average Bonchev–Trinajstić information content (AvgIpc) is 2.14. The van der Waals surface area contributed by atoms with Crippen molar-refractivity contribution >= 4 is 0 Å². The van der Waals surface area contributed by atoms with E-state index < -0.39 is 36.6 Å². The zero-order valence-corrected chi connectivity index (χ0v) is 7.77. The van der Waals surface area contributed by atoms with Gasteiger partial charge in [-0.1, -0.05) is 0 Å². The van der Waals surface area contributed by atoms with Crippen molar-refractivity contribution in [1.82, 2.24) is 4.98 Å². The molecule has 0 radical (unpaired) electrons. The number of pyridine rings is 1.